The molecule has 184 valence electrons. The van der Waals surface area contributed by atoms with Gasteiger partial charge in [-0.15, -0.1) is 0 Å². The molecule has 0 spiro atoms. The van der Waals surface area contributed by atoms with Crippen molar-refractivity contribution in [1.29, 1.82) is 0 Å². The normalized spacial score (nSPS) is 14.8. The van der Waals surface area contributed by atoms with Gasteiger partial charge < -0.3 is 19.8 Å². The number of halogens is 1. The number of imidazole rings is 1. The molecule has 6 aromatic rings. The number of fused-ring (bicyclic) bond motifs is 2. The van der Waals surface area contributed by atoms with Crippen LogP contribution >= 0.6 is 0 Å². The number of pyridine rings is 3. The van der Waals surface area contributed by atoms with Gasteiger partial charge in [0.25, 0.3) is 0 Å². The van der Waals surface area contributed by atoms with E-state index in [4.69, 9.17) is 9.40 Å². The lowest BCUT2D eigenvalue weighted by atomic mass is 9.84. The number of furan rings is 1. The third-order valence-electron chi connectivity index (χ3n) is 6.89. The van der Waals surface area contributed by atoms with Crippen LogP contribution in [0.1, 0.15) is 19.3 Å². The molecule has 1 fully saturated rings. The number of nitrogens with zero attached hydrogens (tertiary/aromatic N) is 5. The summed E-state index contributed by atoms with van der Waals surface area (Å²) in [4.78, 5) is 20.9. The van der Waals surface area contributed by atoms with E-state index in [1.165, 1.54) is 6.20 Å². The first kappa shape index (κ1) is 21.6. The maximum absolute atomic E-state index is 16.0. The van der Waals surface area contributed by atoms with Gasteiger partial charge in [-0.1, -0.05) is 6.42 Å². The number of aliphatic hydroxyl groups excluding tert-OH is 1. The summed E-state index contributed by atoms with van der Waals surface area (Å²) in [5.74, 6) is 0.0666. The summed E-state index contributed by atoms with van der Waals surface area (Å²) in [6, 6.07) is 5.34. The van der Waals surface area contributed by atoms with Crippen LogP contribution in [-0.2, 0) is 0 Å². The van der Waals surface area contributed by atoms with Gasteiger partial charge in [-0.25, -0.2) is 9.37 Å². The summed E-state index contributed by atoms with van der Waals surface area (Å²) in [5, 5.41) is 20.9. The number of rotatable bonds is 6. The number of nitrogens with one attached hydrogen (secondary N) is 3. The number of anilines is 1. The molecule has 0 saturated heterocycles. The number of aromatic amines is 2. The zero-order valence-electron chi connectivity index (χ0n) is 19.4. The predicted molar refractivity (Wildman–Crippen MR) is 135 cm³/mol. The van der Waals surface area contributed by atoms with Crippen LogP contribution in [0.2, 0.25) is 0 Å². The second kappa shape index (κ2) is 8.49. The van der Waals surface area contributed by atoms with Gasteiger partial charge in [0, 0.05) is 29.4 Å². The van der Waals surface area contributed by atoms with E-state index in [2.05, 4.69) is 35.5 Å². The largest absolute Gasteiger partial charge is 0.472 e. The second-order valence-electron chi connectivity index (χ2n) is 9.18. The minimum absolute atomic E-state index is 0.126. The van der Waals surface area contributed by atoms with Crippen molar-refractivity contribution in [3.8, 4) is 34.0 Å². The first-order chi connectivity index (χ1) is 18.2. The van der Waals surface area contributed by atoms with Gasteiger partial charge in [0.1, 0.15) is 28.8 Å². The van der Waals surface area contributed by atoms with Crippen molar-refractivity contribution in [3.63, 3.8) is 0 Å². The highest BCUT2D eigenvalue weighted by Gasteiger charge is 2.26. The van der Waals surface area contributed by atoms with Crippen LogP contribution < -0.4 is 5.32 Å². The molecule has 37 heavy (non-hydrogen) atoms. The molecular weight excluding hydrogens is 475 g/mol. The van der Waals surface area contributed by atoms with Crippen molar-refractivity contribution >= 4 is 27.6 Å². The number of hydrogen-bond donors (Lipinski definition) is 4. The van der Waals surface area contributed by atoms with Gasteiger partial charge in [-0.2, -0.15) is 5.10 Å². The van der Waals surface area contributed by atoms with Crippen LogP contribution in [0.4, 0.5) is 10.1 Å². The van der Waals surface area contributed by atoms with Crippen molar-refractivity contribution in [2.45, 2.75) is 25.5 Å². The monoisotopic (exact) mass is 496 g/mol. The second-order valence-corrected chi connectivity index (χ2v) is 9.18. The maximum Gasteiger partial charge on any atom is 0.161 e. The Morgan fingerprint density at radius 3 is 2.78 bits per heavy atom. The van der Waals surface area contributed by atoms with Crippen LogP contribution in [0.25, 0.3) is 56.0 Å². The van der Waals surface area contributed by atoms with E-state index in [1.54, 1.807) is 49.3 Å². The summed E-state index contributed by atoms with van der Waals surface area (Å²) in [5.41, 5.74) is 4.77. The zero-order valence-corrected chi connectivity index (χ0v) is 19.4. The minimum Gasteiger partial charge on any atom is -0.472 e. The lowest BCUT2D eigenvalue weighted by Gasteiger charge is -2.31. The third-order valence-corrected chi connectivity index (χ3v) is 6.89. The predicted octanol–water partition coefficient (Wildman–Crippen LogP) is 4.89. The average Bonchev–Trinajstić information content (AvgIpc) is 3.62. The molecule has 6 aromatic heterocycles. The average molecular weight is 497 g/mol. The molecule has 0 aliphatic heterocycles. The molecule has 11 heteroatoms. The fraction of sp³-hybridized carbons (Fsp3) is 0.192. The zero-order chi connectivity index (χ0) is 24.9. The molecule has 0 bridgehead atoms. The van der Waals surface area contributed by atoms with E-state index < -0.39 is 12.0 Å². The van der Waals surface area contributed by atoms with E-state index in [1.807, 2.05) is 0 Å². The molecule has 1 atom stereocenters. The summed E-state index contributed by atoms with van der Waals surface area (Å²) in [6.07, 6.45) is 12.0. The molecular formula is C26H21FN8O2. The van der Waals surface area contributed by atoms with Crippen molar-refractivity contribution in [2.24, 2.45) is 5.92 Å². The van der Waals surface area contributed by atoms with Crippen LogP contribution in [0, 0.1) is 11.7 Å². The van der Waals surface area contributed by atoms with E-state index in [-0.39, 0.29) is 17.0 Å². The molecule has 0 amide bonds. The van der Waals surface area contributed by atoms with E-state index in [0.717, 1.165) is 30.3 Å². The Hall–Kier alpha value is -4.64. The van der Waals surface area contributed by atoms with Crippen molar-refractivity contribution < 1.29 is 13.9 Å². The van der Waals surface area contributed by atoms with Gasteiger partial charge in [0.15, 0.2) is 11.6 Å². The molecule has 10 nitrogen and oxygen atoms in total. The number of aromatic nitrogens is 7. The Morgan fingerprint density at radius 1 is 1.05 bits per heavy atom. The van der Waals surface area contributed by atoms with E-state index >= 15 is 4.39 Å². The fourth-order valence-corrected chi connectivity index (χ4v) is 4.70. The van der Waals surface area contributed by atoms with Crippen molar-refractivity contribution in [3.05, 3.63) is 61.3 Å². The van der Waals surface area contributed by atoms with Crippen LogP contribution in [0.15, 0.2) is 59.9 Å². The molecule has 0 radical (unpaired) electrons. The van der Waals surface area contributed by atoms with Gasteiger partial charge in [0.2, 0.25) is 0 Å². The quantitative estimate of drug-likeness (QED) is 0.239. The van der Waals surface area contributed by atoms with Crippen LogP contribution in [-0.4, -0.2) is 46.5 Å². The maximum atomic E-state index is 16.0. The lowest BCUT2D eigenvalue weighted by Crippen LogP contribution is -2.33. The Morgan fingerprint density at radius 2 is 1.97 bits per heavy atom. The smallest absolute Gasteiger partial charge is 0.161 e. The van der Waals surface area contributed by atoms with Crippen molar-refractivity contribution in [2.75, 3.05) is 5.32 Å². The highest BCUT2D eigenvalue weighted by molar-refractivity contribution is 5.97. The molecule has 4 N–H and O–H groups in total. The third kappa shape index (κ3) is 3.62. The SMILES string of the molecule is OC(Nc1cncc(-c2ncc3[nH]nc(-c4nc5c(-c6ccoc6)nccc5[nH]4)c3c2F)c1)C1CCC1. The summed E-state index contributed by atoms with van der Waals surface area (Å²) < 4.78 is 21.2. The van der Waals surface area contributed by atoms with Crippen LogP contribution in [0.3, 0.4) is 0 Å². The summed E-state index contributed by atoms with van der Waals surface area (Å²) in [7, 11) is 0. The molecule has 1 saturated carbocycles. The molecule has 7 rings (SSSR count). The standard InChI is InChI=1S/C26H21FN8O2/c27-20-19-18(11-30-21(20)15-8-16(10-28-9-15)31-26(36)13-2-1-3-13)34-35-24(19)25-32-17-4-6-29-22(23(17)33-25)14-5-7-37-12-14/h4-13,26,31,36H,1-3H2,(H,32,33)(H,34,35). The van der Waals surface area contributed by atoms with Crippen molar-refractivity contribution in [1.82, 2.24) is 35.1 Å². The van der Waals surface area contributed by atoms with Gasteiger partial charge in [0.05, 0.1) is 47.0 Å². The number of hydrogen-bond acceptors (Lipinski definition) is 8. The Balaban J connectivity index is 1.30. The molecule has 1 aliphatic carbocycles. The topological polar surface area (TPSA) is 141 Å². The Bertz CT molecular complexity index is 1740. The molecule has 1 unspecified atom stereocenters. The van der Waals surface area contributed by atoms with E-state index in [0.29, 0.717) is 39.5 Å². The van der Waals surface area contributed by atoms with Gasteiger partial charge in [-0.3, -0.25) is 20.1 Å². The number of aliphatic hydroxyl groups is 1. The summed E-state index contributed by atoms with van der Waals surface area (Å²) in [6.45, 7) is 0. The molecule has 0 aromatic carbocycles. The minimum atomic E-state index is -0.666. The fourth-order valence-electron chi connectivity index (χ4n) is 4.70. The van der Waals surface area contributed by atoms with E-state index in [9.17, 15) is 5.11 Å². The lowest BCUT2D eigenvalue weighted by molar-refractivity contribution is 0.0851. The first-order valence-electron chi connectivity index (χ1n) is 12.0. The summed E-state index contributed by atoms with van der Waals surface area (Å²) >= 11 is 0. The highest BCUT2D eigenvalue weighted by atomic mass is 19.1. The van der Waals surface area contributed by atoms with Gasteiger partial charge in [-0.05, 0) is 31.0 Å². The van der Waals surface area contributed by atoms with Gasteiger partial charge >= 0.3 is 0 Å². The molecule has 6 heterocycles. The first-order valence-corrected chi connectivity index (χ1v) is 12.0. The van der Waals surface area contributed by atoms with Crippen LogP contribution in [0.5, 0.6) is 0 Å². The highest BCUT2D eigenvalue weighted by Crippen LogP contribution is 2.35. The Kier molecular flexibility index (Phi) is 4.96. The number of H-pyrrole nitrogens is 2. The molecule has 1 aliphatic rings. The Labute approximate surface area is 209 Å².